The van der Waals surface area contributed by atoms with Gasteiger partial charge in [0.1, 0.15) is 0 Å². The Bertz CT molecular complexity index is 463. The van der Waals surface area contributed by atoms with E-state index in [9.17, 15) is 4.79 Å². The van der Waals surface area contributed by atoms with Gasteiger partial charge in [0.05, 0.1) is 18.4 Å². The van der Waals surface area contributed by atoms with Crippen molar-refractivity contribution in [2.24, 2.45) is 0 Å². The summed E-state index contributed by atoms with van der Waals surface area (Å²) in [4.78, 5) is 12.3. The number of allylic oxidation sites excluding steroid dienone is 2. The number of para-hydroxylation sites is 1. The first-order chi connectivity index (χ1) is 8.24. The Hall–Kier alpha value is -1.77. The number of carbonyl (C=O) groups is 1. The van der Waals surface area contributed by atoms with Crippen LogP contribution in [0, 0.1) is 0 Å². The van der Waals surface area contributed by atoms with E-state index in [0.717, 1.165) is 24.8 Å². The van der Waals surface area contributed by atoms with Gasteiger partial charge in [0.2, 0.25) is 0 Å². The van der Waals surface area contributed by atoms with Gasteiger partial charge in [0, 0.05) is 0 Å². The fraction of sp³-hybridized carbons (Fsp3) is 0.357. The monoisotopic (exact) mass is 231 g/mol. The van der Waals surface area contributed by atoms with Crippen molar-refractivity contribution in [1.82, 2.24) is 0 Å². The van der Waals surface area contributed by atoms with E-state index < -0.39 is 0 Å². The van der Waals surface area contributed by atoms with Crippen LogP contribution >= 0.6 is 0 Å². The van der Waals surface area contributed by atoms with Gasteiger partial charge in [-0.2, -0.15) is 0 Å². The number of hydrogen-bond acceptors (Lipinski definition) is 3. The molecular weight excluding hydrogens is 214 g/mol. The van der Waals surface area contributed by atoms with Gasteiger partial charge in [-0.3, -0.25) is 4.79 Å². The second kappa shape index (κ2) is 5.04. The van der Waals surface area contributed by atoms with Crippen LogP contribution in [0.25, 0.3) is 0 Å². The highest BCUT2D eigenvalue weighted by atomic mass is 16.5. The summed E-state index contributed by atoms with van der Waals surface area (Å²) in [7, 11) is 1.54. The van der Waals surface area contributed by atoms with Crippen LogP contribution in [0.2, 0.25) is 0 Å². The van der Waals surface area contributed by atoms with E-state index >= 15 is 0 Å². The summed E-state index contributed by atoms with van der Waals surface area (Å²) >= 11 is 0. The fourth-order valence-electron chi connectivity index (χ4n) is 2.18. The average molecular weight is 231 g/mol. The molecule has 0 radical (unpaired) electrons. The molecule has 1 aromatic rings. The molecule has 0 atom stereocenters. The third-order valence-corrected chi connectivity index (χ3v) is 3.08. The van der Waals surface area contributed by atoms with Crippen LogP contribution in [0.3, 0.4) is 0 Å². The summed E-state index contributed by atoms with van der Waals surface area (Å²) in [5.41, 5.74) is 7.77. The Kier molecular flexibility index (Phi) is 3.47. The number of Topliss-reactive ketones (excluding diaryl/α,β-unsaturated/α-hetero) is 1. The molecule has 1 aliphatic rings. The average Bonchev–Trinajstić information content (AvgIpc) is 2.38. The summed E-state index contributed by atoms with van der Waals surface area (Å²) < 4.78 is 5.22. The predicted molar refractivity (Wildman–Crippen MR) is 68.3 cm³/mol. The molecule has 2 N–H and O–H groups in total. The first kappa shape index (κ1) is 11.7. The zero-order valence-electron chi connectivity index (χ0n) is 10.0. The summed E-state index contributed by atoms with van der Waals surface area (Å²) in [6.45, 7) is 0. The molecule has 17 heavy (non-hydrogen) atoms. The molecule has 0 amide bonds. The van der Waals surface area contributed by atoms with E-state index in [-0.39, 0.29) is 5.78 Å². The van der Waals surface area contributed by atoms with Crippen LogP contribution in [0.4, 0.5) is 5.69 Å². The molecule has 0 bridgehead atoms. The largest absolute Gasteiger partial charge is 0.494 e. The number of hydrogen-bond donors (Lipinski definition) is 1. The number of benzene rings is 1. The maximum absolute atomic E-state index is 12.3. The van der Waals surface area contributed by atoms with Gasteiger partial charge in [0.25, 0.3) is 0 Å². The van der Waals surface area contributed by atoms with Crippen molar-refractivity contribution in [3.05, 3.63) is 35.4 Å². The Morgan fingerprint density at radius 1 is 1.35 bits per heavy atom. The SMILES string of the molecule is COc1c(N)cccc1C(=O)C1=CCCCC1. The van der Waals surface area contributed by atoms with Crippen LogP contribution in [0.5, 0.6) is 5.75 Å². The fourth-order valence-corrected chi connectivity index (χ4v) is 2.18. The number of anilines is 1. The molecule has 3 heteroatoms. The summed E-state index contributed by atoms with van der Waals surface area (Å²) in [5, 5.41) is 0. The molecular formula is C14H17NO2. The molecule has 0 unspecified atom stereocenters. The minimum Gasteiger partial charge on any atom is -0.494 e. The second-order valence-corrected chi connectivity index (χ2v) is 4.23. The molecule has 0 aromatic heterocycles. The van der Waals surface area contributed by atoms with E-state index in [1.54, 1.807) is 18.2 Å². The molecule has 0 spiro atoms. The van der Waals surface area contributed by atoms with Crippen molar-refractivity contribution in [3.63, 3.8) is 0 Å². The lowest BCUT2D eigenvalue weighted by Crippen LogP contribution is -2.09. The minimum atomic E-state index is 0.0499. The summed E-state index contributed by atoms with van der Waals surface area (Å²) in [5.74, 6) is 0.540. The standard InChI is InChI=1S/C14H17NO2/c1-17-14-11(8-5-9-12(14)15)13(16)10-6-3-2-4-7-10/h5-6,8-9H,2-4,7,15H2,1H3. The molecule has 90 valence electrons. The molecule has 0 fully saturated rings. The van der Waals surface area contributed by atoms with E-state index in [0.29, 0.717) is 17.0 Å². The van der Waals surface area contributed by atoms with E-state index in [1.807, 2.05) is 6.08 Å². The van der Waals surface area contributed by atoms with Crippen LogP contribution < -0.4 is 10.5 Å². The van der Waals surface area contributed by atoms with Crippen molar-refractivity contribution in [3.8, 4) is 5.75 Å². The maximum Gasteiger partial charge on any atom is 0.192 e. The molecule has 3 nitrogen and oxygen atoms in total. The van der Waals surface area contributed by atoms with Gasteiger partial charge in [-0.05, 0) is 43.4 Å². The topological polar surface area (TPSA) is 52.3 Å². The van der Waals surface area contributed by atoms with Crippen LogP contribution in [-0.4, -0.2) is 12.9 Å². The summed E-state index contributed by atoms with van der Waals surface area (Å²) in [6, 6.07) is 5.30. The van der Waals surface area contributed by atoms with Crippen molar-refractivity contribution < 1.29 is 9.53 Å². The first-order valence-corrected chi connectivity index (χ1v) is 5.90. The summed E-state index contributed by atoms with van der Waals surface area (Å²) in [6.07, 6.45) is 6.14. The molecule has 2 rings (SSSR count). The number of nitrogens with two attached hydrogens (primary N) is 1. The van der Waals surface area contributed by atoms with Crippen LogP contribution in [0.15, 0.2) is 29.8 Å². The number of ether oxygens (including phenoxy) is 1. The van der Waals surface area contributed by atoms with Crippen molar-refractivity contribution in [2.45, 2.75) is 25.7 Å². The highest BCUT2D eigenvalue weighted by molar-refractivity contribution is 6.11. The number of nitrogen functional groups attached to an aromatic ring is 1. The Labute approximate surface area is 101 Å². The van der Waals surface area contributed by atoms with Gasteiger partial charge in [-0.1, -0.05) is 12.1 Å². The number of methoxy groups -OCH3 is 1. The van der Waals surface area contributed by atoms with Crippen molar-refractivity contribution in [2.75, 3.05) is 12.8 Å². The van der Waals surface area contributed by atoms with Gasteiger partial charge in [-0.15, -0.1) is 0 Å². The highest BCUT2D eigenvalue weighted by Crippen LogP contribution is 2.30. The Morgan fingerprint density at radius 2 is 2.18 bits per heavy atom. The number of ketones is 1. The minimum absolute atomic E-state index is 0.0499. The molecule has 0 saturated heterocycles. The van der Waals surface area contributed by atoms with Crippen LogP contribution in [0.1, 0.15) is 36.0 Å². The smallest absolute Gasteiger partial charge is 0.192 e. The molecule has 1 aliphatic carbocycles. The van der Waals surface area contributed by atoms with Gasteiger partial charge >= 0.3 is 0 Å². The van der Waals surface area contributed by atoms with E-state index in [4.69, 9.17) is 10.5 Å². The normalized spacial score (nSPS) is 15.2. The third kappa shape index (κ3) is 2.33. The van der Waals surface area contributed by atoms with Crippen LogP contribution in [-0.2, 0) is 0 Å². The number of carbonyl (C=O) groups excluding carboxylic acids is 1. The Balaban J connectivity index is 2.36. The van der Waals surface area contributed by atoms with E-state index in [1.165, 1.54) is 13.5 Å². The third-order valence-electron chi connectivity index (χ3n) is 3.08. The van der Waals surface area contributed by atoms with Gasteiger partial charge in [-0.25, -0.2) is 0 Å². The first-order valence-electron chi connectivity index (χ1n) is 5.90. The number of rotatable bonds is 3. The van der Waals surface area contributed by atoms with E-state index in [2.05, 4.69) is 0 Å². The predicted octanol–water partition coefficient (Wildman–Crippen LogP) is 2.96. The zero-order valence-corrected chi connectivity index (χ0v) is 10.0. The quantitative estimate of drug-likeness (QED) is 0.642. The molecule has 0 heterocycles. The zero-order chi connectivity index (χ0) is 12.3. The molecule has 0 aliphatic heterocycles. The lowest BCUT2D eigenvalue weighted by Gasteiger charge is -2.14. The Morgan fingerprint density at radius 3 is 2.82 bits per heavy atom. The molecule has 1 aromatic carbocycles. The highest BCUT2D eigenvalue weighted by Gasteiger charge is 2.19. The van der Waals surface area contributed by atoms with Crippen molar-refractivity contribution in [1.29, 1.82) is 0 Å². The second-order valence-electron chi connectivity index (χ2n) is 4.23. The maximum atomic E-state index is 12.3. The lowest BCUT2D eigenvalue weighted by atomic mass is 9.92. The van der Waals surface area contributed by atoms with Gasteiger partial charge < -0.3 is 10.5 Å². The van der Waals surface area contributed by atoms with Crippen molar-refractivity contribution >= 4 is 11.5 Å². The molecule has 0 saturated carbocycles. The van der Waals surface area contributed by atoms with Gasteiger partial charge in [0.15, 0.2) is 11.5 Å². The lowest BCUT2D eigenvalue weighted by molar-refractivity contribution is 0.102.